The molecule has 34 heavy (non-hydrogen) atoms. The fourth-order valence-corrected chi connectivity index (χ4v) is 5.79. The Bertz CT molecular complexity index is 1500. The number of nitrogens with zero attached hydrogens (tertiary/aromatic N) is 4. The highest BCUT2D eigenvalue weighted by atomic mass is 32.2. The van der Waals surface area contributed by atoms with Crippen LogP contribution in [-0.2, 0) is 19.8 Å². The number of fused-ring (bicyclic) bond motifs is 1. The number of aromatic amines is 1. The fourth-order valence-electron chi connectivity index (χ4n) is 3.47. The molecule has 4 rings (SSSR count). The highest BCUT2D eigenvalue weighted by Crippen LogP contribution is 2.41. The summed E-state index contributed by atoms with van der Waals surface area (Å²) >= 11 is 1.72. The van der Waals surface area contributed by atoms with Gasteiger partial charge in [0.25, 0.3) is 5.56 Å². The highest BCUT2D eigenvalue weighted by Gasteiger charge is 2.36. The molecule has 0 unspecified atom stereocenters. The smallest absolute Gasteiger partial charge is 0.288 e. The molecule has 0 amide bonds. The van der Waals surface area contributed by atoms with Crippen LogP contribution in [0.2, 0.25) is 0 Å². The lowest BCUT2D eigenvalue weighted by atomic mass is 10.0. The van der Waals surface area contributed by atoms with Crippen molar-refractivity contribution in [3.63, 3.8) is 0 Å². The maximum absolute atomic E-state index is 13.6. The van der Waals surface area contributed by atoms with Crippen molar-refractivity contribution < 1.29 is 18.0 Å². The summed E-state index contributed by atoms with van der Waals surface area (Å²) in [6.45, 7) is 4.02. The van der Waals surface area contributed by atoms with Crippen LogP contribution in [0.5, 0.6) is 0 Å². The van der Waals surface area contributed by atoms with Gasteiger partial charge in [0.1, 0.15) is 11.2 Å². The first-order chi connectivity index (χ1) is 16.0. The number of thiophene rings is 1. The Morgan fingerprint density at radius 2 is 1.94 bits per heavy atom. The lowest BCUT2D eigenvalue weighted by Crippen LogP contribution is -2.38. The summed E-state index contributed by atoms with van der Waals surface area (Å²) in [5, 5.41) is 6.67. The van der Waals surface area contributed by atoms with Crippen molar-refractivity contribution in [2.24, 2.45) is 13.0 Å². The molecule has 8 nitrogen and oxygen atoms in total. The lowest BCUT2D eigenvalue weighted by molar-refractivity contribution is -0.137. The second-order valence-electron chi connectivity index (χ2n) is 7.86. The van der Waals surface area contributed by atoms with E-state index in [1.54, 1.807) is 0 Å². The number of hydrogen-bond donors (Lipinski definition) is 1. The maximum atomic E-state index is 13.6. The molecule has 0 bridgehead atoms. The van der Waals surface area contributed by atoms with Gasteiger partial charge in [-0.05, 0) is 23.7 Å². The molecule has 0 atom stereocenters. The topological polar surface area (TPSA) is 103 Å². The number of aromatic nitrogens is 5. The minimum atomic E-state index is -4.75. The van der Waals surface area contributed by atoms with Gasteiger partial charge in [-0.2, -0.15) is 18.3 Å². The number of H-pyrrole nitrogens is 1. The molecule has 0 radical (unpaired) electrons. The molecule has 0 spiro atoms. The van der Waals surface area contributed by atoms with Crippen molar-refractivity contribution in [1.82, 2.24) is 24.3 Å². The van der Waals surface area contributed by atoms with Crippen LogP contribution < -0.4 is 11.2 Å². The third-order valence-electron chi connectivity index (χ3n) is 4.95. The van der Waals surface area contributed by atoms with Crippen molar-refractivity contribution in [3.05, 3.63) is 67.4 Å². The molecule has 0 aliphatic heterocycles. The molecule has 178 valence electrons. The van der Waals surface area contributed by atoms with Crippen LogP contribution in [0, 0.1) is 5.92 Å². The van der Waals surface area contributed by atoms with Gasteiger partial charge in [0.2, 0.25) is 5.78 Å². The molecule has 0 fully saturated rings. The van der Waals surface area contributed by atoms with Gasteiger partial charge in [0, 0.05) is 19.2 Å². The van der Waals surface area contributed by atoms with Crippen molar-refractivity contribution in [3.8, 4) is 0 Å². The van der Waals surface area contributed by atoms with Crippen molar-refractivity contribution in [2.45, 2.75) is 36.6 Å². The first-order valence-electron chi connectivity index (χ1n) is 10.0. The second-order valence-corrected chi connectivity index (χ2v) is 9.85. The van der Waals surface area contributed by atoms with E-state index in [0.29, 0.717) is 0 Å². The molecule has 0 saturated carbocycles. The highest BCUT2D eigenvalue weighted by molar-refractivity contribution is 7.99. The SMILES string of the molecule is CC(C)Cn1c(=O)n(C)c(=O)c2c(Sc3ncn[nH]3)c(C(=O)c3ccccc3C(F)(F)F)sc21. The fraction of sp³-hybridized carbons (Fsp3) is 0.286. The van der Waals surface area contributed by atoms with Crippen LogP contribution in [0.3, 0.4) is 0 Å². The van der Waals surface area contributed by atoms with Crippen LogP contribution >= 0.6 is 23.1 Å². The molecule has 1 aromatic carbocycles. The van der Waals surface area contributed by atoms with E-state index in [1.807, 2.05) is 13.8 Å². The molecule has 13 heteroatoms. The number of nitrogens with one attached hydrogen (secondary N) is 1. The number of benzene rings is 1. The number of halogens is 3. The number of rotatable bonds is 6. The number of carbonyl (C=O) groups excluding carboxylic acids is 1. The van der Waals surface area contributed by atoms with Crippen LogP contribution in [0.15, 0.2) is 50.2 Å². The maximum Gasteiger partial charge on any atom is 0.417 e. The van der Waals surface area contributed by atoms with E-state index in [-0.39, 0.29) is 37.6 Å². The number of ketones is 1. The van der Waals surface area contributed by atoms with E-state index in [0.717, 1.165) is 39.8 Å². The molecular formula is C21H18F3N5O3S2. The average Bonchev–Trinajstić information content (AvgIpc) is 3.42. The summed E-state index contributed by atoms with van der Waals surface area (Å²) in [5.74, 6) is -0.877. The third kappa shape index (κ3) is 4.20. The van der Waals surface area contributed by atoms with E-state index >= 15 is 0 Å². The second kappa shape index (κ2) is 8.87. The van der Waals surface area contributed by atoms with Gasteiger partial charge in [0.05, 0.1) is 20.7 Å². The monoisotopic (exact) mass is 509 g/mol. The van der Waals surface area contributed by atoms with E-state index < -0.39 is 34.3 Å². The molecule has 0 aliphatic carbocycles. The van der Waals surface area contributed by atoms with Gasteiger partial charge >= 0.3 is 11.9 Å². The van der Waals surface area contributed by atoms with E-state index in [9.17, 15) is 27.6 Å². The molecule has 0 aliphatic rings. The van der Waals surface area contributed by atoms with Crippen molar-refractivity contribution in [2.75, 3.05) is 0 Å². The molecule has 4 aromatic rings. The van der Waals surface area contributed by atoms with Crippen molar-refractivity contribution >= 4 is 39.1 Å². The van der Waals surface area contributed by atoms with E-state index in [4.69, 9.17) is 0 Å². The van der Waals surface area contributed by atoms with Gasteiger partial charge in [-0.3, -0.25) is 23.8 Å². The minimum Gasteiger partial charge on any atom is -0.288 e. The third-order valence-corrected chi connectivity index (χ3v) is 7.29. The van der Waals surface area contributed by atoms with E-state index in [2.05, 4.69) is 15.2 Å². The summed E-state index contributed by atoms with van der Waals surface area (Å²) < 4.78 is 43.2. The Kier molecular flexibility index (Phi) is 6.25. The predicted molar refractivity (Wildman–Crippen MR) is 122 cm³/mol. The summed E-state index contributed by atoms with van der Waals surface area (Å²) in [4.78, 5) is 43.8. The zero-order valence-corrected chi connectivity index (χ0v) is 19.8. The average molecular weight is 510 g/mol. The standard InChI is InChI=1S/C21H18F3N5O3S2/c1-10(2)8-29-18-13(17(31)28(3)20(29)32)15(34-19-25-9-26-27-19)16(33-18)14(30)11-6-4-5-7-12(11)21(22,23)24/h4-7,9-10H,8H2,1-3H3,(H,25,26,27). The molecule has 3 heterocycles. The Labute approximate surface area is 198 Å². The van der Waals surface area contributed by atoms with E-state index in [1.165, 1.54) is 30.1 Å². The Morgan fingerprint density at radius 1 is 1.24 bits per heavy atom. The van der Waals surface area contributed by atoms with Gasteiger partial charge < -0.3 is 0 Å². The summed E-state index contributed by atoms with van der Waals surface area (Å²) in [5.41, 5.74) is -2.85. The van der Waals surface area contributed by atoms with Gasteiger partial charge in [-0.1, -0.05) is 32.0 Å². The van der Waals surface area contributed by atoms with Gasteiger partial charge in [-0.25, -0.2) is 9.78 Å². The molecule has 0 saturated heterocycles. The number of alkyl halides is 3. The van der Waals surface area contributed by atoms with Gasteiger partial charge in [-0.15, -0.1) is 11.3 Å². The Balaban J connectivity index is 2.06. The number of carbonyl (C=O) groups is 1. The minimum absolute atomic E-state index is 0.0241. The zero-order valence-electron chi connectivity index (χ0n) is 18.1. The van der Waals surface area contributed by atoms with Crippen LogP contribution in [-0.4, -0.2) is 30.1 Å². The summed E-state index contributed by atoms with van der Waals surface area (Å²) in [7, 11) is 1.32. The largest absolute Gasteiger partial charge is 0.417 e. The quantitative estimate of drug-likeness (QED) is 0.395. The number of hydrogen-bond acceptors (Lipinski definition) is 7. The zero-order chi connectivity index (χ0) is 24.8. The van der Waals surface area contributed by atoms with Crippen LogP contribution in [0.4, 0.5) is 13.2 Å². The van der Waals surface area contributed by atoms with Crippen molar-refractivity contribution in [1.29, 1.82) is 0 Å². The molecular weight excluding hydrogens is 491 g/mol. The lowest BCUT2D eigenvalue weighted by Gasteiger charge is -2.11. The first kappa shape index (κ1) is 24.0. The van der Waals surface area contributed by atoms with Crippen LogP contribution in [0.25, 0.3) is 10.2 Å². The molecule has 3 aromatic heterocycles. The normalized spacial score (nSPS) is 12.1. The van der Waals surface area contributed by atoms with Crippen LogP contribution in [0.1, 0.15) is 34.6 Å². The predicted octanol–water partition coefficient (Wildman–Crippen LogP) is 3.94. The first-order valence-corrected chi connectivity index (χ1v) is 11.6. The summed E-state index contributed by atoms with van der Waals surface area (Å²) in [6.07, 6.45) is -3.53. The summed E-state index contributed by atoms with van der Waals surface area (Å²) in [6, 6.07) is 4.47. The van der Waals surface area contributed by atoms with Gasteiger partial charge in [0.15, 0.2) is 5.16 Å². The Morgan fingerprint density at radius 3 is 2.56 bits per heavy atom. The Hall–Kier alpha value is -3.19. The molecule has 1 N–H and O–H groups in total.